The number of carbonyl (C=O) groups excluding carboxylic acids is 3. The average Bonchev–Trinajstić information content (AvgIpc) is 2.46. The van der Waals surface area contributed by atoms with Crippen molar-refractivity contribution in [1.82, 2.24) is 0 Å². The van der Waals surface area contributed by atoms with E-state index < -0.39 is 24.0 Å². The van der Waals surface area contributed by atoms with Crippen LogP contribution in [-0.2, 0) is 19.1 Å². The van der Waals surface area contributed by atoms with Gasteiger partial charge in [-0.25, -0.2) is 4.79 Å². The van der Waals surface area contributed by atoms with Crippen molar-refractivity contribution in [2.24, 2.45) is 0 Å². The molecule has 0 aromatic heterocycles. The van der Waals surface area contributed by atoms with E-state index in [1.165, 1.54) is 32.0 Å². The molecule has 0 aliphatic carbocycles. The lowest BCUT2D eigenvalue weighted by Gasteiger charge is -2.19. The highest BCUT2D eigenvalue weighted by atomic mass is 16.6. The van der Waals surface area contributed by atoms with E-state index in [0.717, 1.165) is 0 Å². The summed E-state index contributed by atoms with van der Waals surface area (Å²) in [4.78, 5) is 34.4. The Bertz CT molecular complexity index is 614. The van der Waals surface area contributed by atoms with E-state index in [4.69, 9.17) is 18.9 Å². The molecule has 122 valence electrons. The fraction of sp³-hybridized carbons (Fsp3) is 0.312. The summed E-state index contributed by atoms with van der Waals surface area (Å²) in [5, 5.41) is 0. The Kier molecular flexibility index (Phi) is 5.35. The van der Waals surface area contributed by atoms with Gasteiger partial charge in [0.1, 0.15) is 24.2 Å². The van der Waals surface area contributed by atoms with Gasteiger partial charge >= 0.3 is 17.9 Å². The number of carbonyl (C=O) groups is 3. The van der Waals surface area contributed by atoms with Gasteiger partial charge < -0.3 is 18.9 Å². The molecule has 23 heavy (non-hydrogen) atoms. The summed E-state index contributed by atoms with van der Waals surface area (Å²) in [6.45, 7) is 2.72. The molecule has 0 bridgehead atoms. The standard InChI is InChI=1S/C16H16O7/c1-10(17)21-14-6-12(7-15(8-14)22-11(2)18)16(19)23-13-4-3-5-20-9-13/h3,5-8,13H,4,9H2,1-2H3. The van der Waals surface area contributed by atoms with E-state index in [2.05, 4.69) is 0 Å². The SMILES string of the molecule is CC(=O)Oc1cc(OC(C)=O)cc(C(=O)OC2CC=COC2)c1. The molecule has 7 heteroatoms. The second-order valence-electron chi connectivity index (χ2n) is 4.85. The third-order valence-electron chi connectivity index (χ3n) is 2.79. The molecule has 2 rings (SSSR count). The zero-order chi connectivity index (χ0) is 16.8. The smallest absolute Gasteiger partial charge is 0.338 e. The van der Waals surface area contributed by atoms with Crippen LogP contribution in [0.1, 0.15) is 30.6 Å². The van der Waals surface area contributed by atoms with Crippen molar-refractivity contribution in [3.05, 3.63) is 36.1 Å². The summed E-state index contributed by atoms with van der Waals surface area (Å²) in [5.41, 5.74) is 0.106. The van der Waals surface area contributed by atoms with E-state index in [1.54, 1.807) is 12.3 Å². The molecule has 0 radical (unpaired) electrons. The quantitative estimate of drug-likeness (QED) is 0.619. The zero-order valence-electron chi connectivity index (χ0n) is 12.7. The first kappa shape index (κ1) is 16.5. The highest BCUT2D eigenvalue weighted by Gasteiger charge is 2.19. The Morgan fingerprint density at radius 1 is 1.04 bits per heavy atom. The van der Waals surface area contributed by atoms with Crippen molar-refractivity contribution in [1.29, 1.82) is 0 Å². The van der Waals surface area contributed by atoms with Crippen LogP contribution in [0.2, 0.25) is 0 Å². The minimum atomic E-state index is -0.628. The molecular formula is C16H16O7. The average molecular weight is 320 g/mol. The maximum atomic E-state index is 12.2. The monoisotopic (exact) mass is 320 g/mol. The van der Waals surface area contributed by atoms with Crippen LogP contribution in [0.4, 0.5) is 0 Å². The molecule has 0 N–H and O–H groups in total. The molecule has 1 atom stereocenters. The fourth-order valence-corrected chi connectivity index (χ4v) is 1.95. The fourth-order valence-electron chi connectivity index (χ4n) is 1.95. The number of benzene rings is 1. The van der Waals surface area contributed by atoms with Crippen LogP contribution in [0.3, 0.4) is 0 Å². The topological polar surface area (TPSA) is 88.1 Å². The third kappa shape index (κ3) is 5.14. The highest BCUT2D eigenvalue weighted by molar-refractivity contribution is 5.91. The second kappa shape index (κ2) is 7.44. The Hall–Kier alpha value is -2.83. The van der Waals surface area contributed by atoms with Gasteiger partial charge in [0.25, 0.3) is 0 Å². The summed E-state index contributed by atoms with van der Waals surface area (Å²) in [6, 6.07) is 4.03. The van der Waals surface area contributed by atoms with Gasteiger partial charge in [-0.15, -0.1) is 0 Å². The van der Waals surface area contributed by atoms with Crippen molar-refractivity contribution < 1.29 is 33.3 Å². The molecular weight excluding hydrogens is 304 g/mol. The maximum absolute atomic E-state index is 12.2. The molecule has 0 saturated heterocycles. The van der Waals surface area contributed by atoms with E-state index in [1.807, 2.05) is 0 Å². The van der Waals surface area contributed by atoms with Crippen LogP contribution in [0, 0.1) is 0 Å². The van der Waals surface area contributed by atoms with Gasteiger partial charge in [-0.05, 0) is 18.2 Å². The van der Waals surface area contributed by atoms with Crippen LogP contribution < -0.4 is 9.47 Å². The molecule has 1 aliphatic heterocycles. The zero-order valence-corrected chi connectivity index (χ0v) is 12.7. The minimum absolute atomic E-state index is 0.0861. The van der Waals surface area contributed by atoms with E-state index >= 15 is 0 Å². The number of ether oxygens (including phenoxy) is 4. The van der Waals surface area contributed by atoms with Crippen LogP contribution in [0.15, 0.2) is 30.5 Å². The third-order valence-corrected chi connectivity index (χ3v) is 2.79. The molecule has 0 amide bonds. The lowest BCUT2D eigenvalue weighted by Crippen LogP contribution is -2.24. The first-order chi connectivity index (χ1) is 10.9. The summed E-state index contributed by atoms with van der Waals surface area (Å²) in [7, 11) is 0. The highest BCUT2D eigenvalue weighted by Crippen LogP contribution is 2.24. The largest absolute Gasteiger partial charge is 0.498 e. The molecule has 0 saturated carbocycles. The Balaban J connectivity index is 2.20. The molecule has 7 nitrogen and oxygen atoms in total. The number of hydrogen-bond acceptors (Lipinski definition) is 7. The van der Waals surface area contributed by atoms with Crippen LogP contribution in [0.5, 0.6) is 11.5 Å². The second-order valence-corrected chi connectivity index (χ2v) is 4.85. The summed E-state index contributed by atoms with van der Waals surface area (Å²) in [5.74, 6) is -1.58. The van der Waals surface area contributed by atoms with E-state index in [0.29, 0.717) is 6.42 Å². The minimum Gasteiger partial charge on any atom is -0.498 e. The molecule has 1 aliphatic rings. The summed E-state index contributed by atoms with van der Waals surface area (Å²) < 4.78 is 20.3. The van der Waals surface area contributed by atoms with E-state index in [9.17, 15) is 14.4 Å². The van der Waals surface area contributed by atoms with Crippen molar-refractivity contribution in [2.75, 3.05) is 6.61 Å². The Labute approximate surface area is 132 Å². The summed E-state index contributed by atoms with van der Waals surface area (Å²) >= 11 is 0. The predicted molar refractivity (Wildman–Crippen MR) is 78.0 cm³/mol. The number of rotatable bonds is 4. The van der Waals surface area contributed by atoms with Crippen LogP contribution in [0.25, 0.3) is 0 Å². The van der Waals surface area contributed by atoms with Gasteiger partial charge in [-0.1, -0.05) is 0 Å². The van der Waals surface area contributed by atoms with Crippen molar-refractivity contribution in [3.8, 4) is 11.5 Å². The molecule has 1 aromatic rings. The predicted octanol–water partition coefficient (Wildman–Crippen LogP) is 2.00. The maximum Gasteiger partial charge on any atom is 0.338 e. The van der Waals surface area contributed by atoms with Gasteiger partial charge in [0.05, 0.1) is 11.8 Å². The van der Waals surface area contributed by atoms with Crippen LogP contribution in [-0.4, -0.2) is 30.6 Å². The molecule has 1 unspecified atom stereocenters. The number of hydrogen-bond donors (Lipinski definition) is 0. The molecule has 0 spiro atoms. The summed E-state index contributed by atoms with van der Waals surface area (Å²) in [6.07, 6.45) is 3.44. The number of esters is 3. The van der Waals surface area contributed by atoms with Crippen LogP contribution >= 0.6 is 0 Å². The van der Waals surface area contributed by atoms with Crippen molar-refractivity contribution in [3.63, 3.8) is 0 Å². The van der Waals surface area contributed by atoms with Gasteiger partial charge in [-0.2, -0.15) is 0 Å². The van der Waals surface area contributed by atoms with Gasteiger partial charge in [0, 0.05) is 26.3 Å². The molecule has 1 aromatic carbocycles. The Morgan fingerprint density at radius 3 is 2.13 bits per heavy atom. The molecule has 0 fully saturated rings. The lowest BCUT2D eigenvalue weighted by molar-refractivity contribution is -0.132. The first-order valence-electron chi connectivity index (χ1n) is 6.93. The molecule has 1 heterocycles. The Morgan fingerprint density at radius 2 is 1.65 bits per heavy atom. The normalized spacial score (nSPS) is 16.2. The van der Waals surface area contributed by atoms with Gasteiger partial charge in [0.15, 0.2) is 0 Å². The van der Waals surface area contributed by atoms with Crippen molar-refractivity contribution >= 4 is 17.9 Å². The van der Waals surface area contributed by atoms with Crippen molar-refractivity contribution in [2.45, 2.75) is 26.4 Å². The first-order valence-corrected chi connectivity index (χ1v) is 6.93. The van der Waals surface area contributed by atoms with E-state index in [-0.39, 0.29) is 23.7 Å². The lowest BCUT2D eigenvalue weighted by atomic mass is 10.2. The van der Waals surface area contributed by atoms with Gasteiger partial charge in [0.2, 0.25) is 0 Å². The van der Waals surface area contributed by atoms with Gasteiger partial charge in [-0.3, -0.25) is 9.59 Å².